The van der Waals surface area contributed by atoms with Crippen molar-refractivity contribution in [3.05, 3.63) is 29.3 Å². The zero-order valence-corrected chi connectivity index (χ0v) is 11.2. The van der Waals surface area contributed by atoms with Gasteiger partial charge >= 0.3 is 0 Å². The highest BCUT2D eigenvalue weighted by Crippen LogP contribution is 2.40. The number of halogens is 2. The van der Waals surface area contributed by atoms with Gasteiger partial charge in [0.05, 0.1) is 0 Å². The van der Waals surface area contributed by atoms with Gasteiger partial charge in [0.2, 0.25) is 0 Å². The van der Waals surface area contributed by atoms with Gasteiger partial charge in [0.15, 0.2) is 11.6 Å². The second kappa shape index (κ2) is 5.18. The molecule has 0 heterocycles. The van der Waals surface area contributed by atoms with Crippen LogP contribution >= 0.6 is 0 Å². The maximum absolute atomic E-state index is 13.9. The molecule has 98 valence electrons. The Labute approximate surface area is 115 Å². The van der Waals surface area contributed by atoms with Gasteiger partial charge in [-0.1, -0.05) is 13.8 Å². The fourth-order valence-corrected chi connectivity index (χ4v) is 2.11. The Bertz CT molecular complexity index is 471. The van der Waals surface area contributed by atoms with Crippen molar-refractivity contribution in [2.75, 3.05) is 0 Å². The molecule has 0 unspecified atom stereocenters. The normalized spacial score (nSPS) is 15.8. The summed E-state index contributed by atoms with van der Waals surface area (Å²) in [4.78, 5) is 0. The summed E-state index contributed by atoms with van der Waals surface area (Å²) in [7, 11) is 11.7. The van der Waals surface area contributed by atoms with Crippen LogP contribution < -0.4 is 4.74 Å². The van der Waals surface area contributed by atoms with Crippen LogP contribution in [-0.4, -0.2) is 21.1 Å². The monoisotopic (exact) mass is 260 g/mol. The van der Waals surface area contributed by atoms with Crippen molar-refractivity contribution in [1.82, 2.24) is 0 Å². The molecular formula is C14H16B2F2O. The number of hydrogen-bond acceptors (Lipinski definition) is 1. The molecule has 4 radical (unpaired) electrons. The number of hydrogen-bond donors (Lipinski definition) is 0. The molecule has 0 saturated heterocycles. The topological polar surface area (TPSA) is 9.23 Å². The molecule has 1 aliphatic carbocycles. The van der Waals surface area contributed by atoms with Crippen molar-refractivity contribution < 1.29 is 13.5 Å². The molecule has 1 saturated carbocycles. The van der Waals surface area contributed by atoms with E-state index in [1.807, 2.05) is 13.8 Å². The average Bonchev–Trinajstić information content (AvgIpc) is 3.05. The van der Waals surface area contributed by atoms with Crippen LogP contribution in [0.2, 0.25) is 0 Å². The Kier molecular flexibility index (Phi) is 3.93. The lowest BCUT2D eigenvalue weighted by Crippen LogP contribution is -2.40. The molecule has 0 N–H and O–H groups in total. The summed E-state index contributed by atoms with van der Waals surface area (Å²) in [5.74, 6) is -1.12. The van der Waals surface area contributed by atoms with Crippen LogP contribution in [0.1, 0.15) is 32.3 Å². The fourth-order valence-electron chi connectivity index (χ4n) is 2.11. The van der Waals surface area contributed by atoms with Crippen molar-refractivity contribution >= 4 is 15.7 Å². The predicted molar refractivity (Wildman–Crippen MR) is 72.5 cm³/mol. The minimum absolute atomic E-state index is 0.0213. The van der Waals surface area contributed by atoms with E-state index in [1.54, 1.807) is 0 Å². The first kappa shape index (κ1) is 14.4. The molecule has 0 aromatic heterocycles. The molecule has 0 aliphatic heterocycles. The lowest BCUT2D eigenvalue weighted by Gasteiger charge is -2.29. The molecule has 1 fully saturated rings. The summed E-state index contributed by atoms with van der Waals surface area (Å²) in [5, 5.41) is -1.38. The van der Waals surface area contributed by atoms with E-state index in [9.17, 15) is 8.78 Å². The highest BCUT2D eigenvalue weighted by atomic mass is 19.1. The van der Waals surface area contributed by atoms with Gasteiger partial charge in [0.25, 0.3) is 0 Å². The quantitative estimate of drug-likeness (QED) is 0.739. The van der Waals surface area contributed by atoms with Crippen LogP contribution in [0.15, 0.2) is 12.1 Å². The minimum atomic E-state index is -1.38. The van der Waals surface area contributed by atoms with Crippen LogP contribution in [0.4, 0.5) is 8.78 Å². The van der Waals surface area contributed by atoms with E-state index in [1.165, 1.54) is 6.07 Å². The third-order valence-electron chi connectivity index (χ3n) is 3.21. The Morgan fingerprint density at radius 3 is 2.47 bits per heavy atom. The average molecular weight is 260 g/mol. The first-order valence-corrected chi connectivity index (χ1v) is 6.54. The van der Waals surface area contributed by atoms with Crippen molar-refractivity contribution in [3.8, 4) is 5.75 Å². The van der Waals surface area contributed by atoms with Gasteiger partial charge in [-0.2, -0.15) is 0 Å². The van der Waals surface area contributed by atoms with Gasteiger partial charge in [-0.3, -0.25) is 0 Å². The summed E-state index contributed by atoms with van der Waals surface area (Å²) in [6, 6.07) is 2.07. The van der Waals surface area contributed by atoms with Gasteiger partial charge in [-0.05, 0) is 37.2 Å². The van der Waals surface area contributed by atoms with Crippen LogP contribution in [0.25, 0.3) is 0 Å². The molecule has 5 heteroatoms. The first-order valence-electron chi connectivity index (χ1n) is 6.54. The molecule has 0 bridgehead atoms. The Morgan fingerprint density at radius 1 is 1.32 bits per heavy atom. The van der Waals surface area contributed by atoms with Gasteiger partial charge in [0, 0.05) is 17.0 Å². The Balaban J connectivity index is 2.31. The lowest BCUT2D eigenvalue weighted by atomic mass is 9.62. The van der Waals surface area contributed by atoms with E-state index in [2.05, 4.69) is 0 Å². The van der Waals surface area contributed by atoms with E-state index in [0.29, 0.717) is 12.0 Å². The minimum Gasteiger partial charge on any atom is -0.503 e. The van der Waals surface area contributed by atoms with Gasteiger partial charge < -0.3 is 4.74 Å². The molecule has 1 nitrogen and oxygen atoms in total. The Morgan fingerprint density at radius 2 is 1.95 bits per heavy atom. The SMILES string of the molecule is [B]C([B])(Oc1c(F)cc(F)cc1CC(C)C)C1CC1. The van der Waals surface area contributed by atoms with E-state index < -0.39 is 17.0 Å². The van der Waals surface area contributed by atoms with Crippen molar-refractivity contribution in [1.29, 1.82) is 0 Å². The molecule has 0 atom stereocenters. The van der Waals surface area contributed by atoms with E-state index in [4.69, 9.17) is 20.4 Å². The highest BCUT2D eigenvalue weighted by Gasteiger charge is 2.39. The standard InChI is InChI=1S/C14H16B2F2O/c1-8(2)5-9-6-11(17)7-12(18)13(9)19-14(15,16)10-3-4-10/h6-8,10H,3-5H2,1-2H3. The third-order valence-corrected chi connectivity index (χ3v) is 3.21. The first-order chi connectivity index (χ1) is 8.79. The zero-order chi connectivity index (χ0) is 14.2. The predicted octanol–water partition coefficient (Wildman–Crippen LogP) is 2.94. The molecule has 19 heavy (non-hydrogen) atoms. The smallest absolute Gasteiger partial charge is 0.168 e. The van der Waals surface area contributed by atoms with Gasteiger partial charge in [-0.15, -0.1) is 0 Å². The summed E-state index contributed by atoms with van der Waals surface area (Å²) >= 11 is 0. The maximum Gasteiger partial charge on any atom is 0.168 e. The molecule has 0 spiro atoms. The van der Waals surface area contributed by atoms with Crippen molar-refractivity contribution in [2.45, 2.75) is 38.5 Å². The van der Waals surface area contributed by atoms with E-state index in [0.717, 1.165) is 18.9 Å². The Hall–Kier alpha value is -0.990. The fraction of sp³-hybridized carbons (Fsp3) is 0.571. The summed E-state index contributed by atoms with van der Waals surface area (Å²) in [6.45, 7) is 3.93. The van der Waals surface area contributed by atoms with Crippen LogP contribution in [-0.2, 0) is 6.42 Å². The van der Waals surface area contributed by atoms with Crippen molar-refractivity contribution in [3.63, 3.8) is 0 Å². The van der Waals surface area contributed by atoms with E-state index >= 15 is 0 Å². The van der Waals surface area contributed by atoms with Crippen LogP contribution in [0.5, 0.6) is 5.75 Å². The number of ether oxygens (including phenoxy) is 1. The van der Waals surface area contributed by atoms with Crippen molar-refractivity contribution in [2.24, 2.45) is 11.8 Å². The summed E-state index contributed by atoms with van der Waals surface area (Å²) in [6.07, 6.45) is 2.25. The second-order valence-corrected chi connectivity index (χ2v) is 5.70. The molecule has 0 amide bonds. The van der Waals surface area contributed by atoms with E-state index in [-0.39, 0.29) is 17.6 Å². The zero-order valence-electron chi connectivity index (χ0n) is 11.2. The molecule has 1 aliphatic rings. The van der Waals surface area contributed by atoms with Crippen LogP contribution in [0, 0.1) is 23.5 Å². The number of rotatable bonds is 5. The third kappa shape index (κ3) is 3.52. The largest absolute Gasteiger partial charge is 0.503 e. The highest BCUT2D eigenvalue weighted by molar-refractivity contribution is 6.39. The summed E-state index contributed by atoms with van der Waals surface area (Å²) in [5.41, 5.74) is 0.466. The summed E-state index contributed by atoms with van der Waals surface area (Å²) < 4.78 is 32.7. The molecular weight excluding hydrogens is 244 g/mol. The van der Waals surface area contributed by atoms with Gasteiger partial charge in [0.1, 0.15) is 21.5 Å². The molecule has 1 aromatic rings. The van der Waals surface area contributed by atoms with Gasteiger partial charge in [-0.25, -0.2) is 8.78 Å². The molecule has 2 rings (SSSR count). The maximum atomic E-state index is 13.9. The lowest BCUT2D eigenvalue weighted by molar-refractivity contribution is 0.203. The van der Waals surface area contributed by atoms with Crippen LogP contribution in [0.3, 0.4) is 0 Å². The second-order valence-electron chi connectivity index (χ2n) is 5.70. The molecule has 1 aromatic carbocycles. The number of benzene rings is 1.